The van der Waals surface area contributed by atoms with Gasteiger partial charge in [0.2, 0.25) is 0 Å². The van der Waals surface area contributed by atoms with Crippen molar-refractivity contribution in [2.24, 2.45) is 0 Å². The van der Waals surface area contributed by atoms with E-state index in [1.807, 2.05) is 36.4 Å². The highest BCUT2D eigenvalue weighted by Crippen LogP contribution is 2.26. The van der Waals surface area contributed by atoms with Crippen molar-refractivity contribution in [3.63, 3.8) is 0 Å². The standard InChI is InChI=1S/C23H33N5O/c1-4-15-24-23(25-16-5-2,26-17-6-3)18-11-13-19(14-12-18)28-21-10-8-7-9-20(21)27-22(28)29/h7-14,24-26H,4-6,15-17H2,1-3H3,(H,27,29). The minimum Gasteiger partial charge on any atom is -0.480 e. The van der Waals surface area contributed by atoms with Crippen LogP contribution in [0.3, 0.4) is 0 Å². The largest absolute Gasteiger partial charge is 0.480 e. The van der Waals surface area contributed by atoms with Gasteiger partial charge in [-0.25, -0.2) is 0 Å². The summed E-state index contributed by atoms with van der Waals surface area (Å²) in [4.78, 5) is 4.26. The molecule has 0 fully saturated rings. The summed E-state index contributed by atoms with van der Waals surface area (Å²) >= 11 is 0. The van der Waals surface area contributed by atoms with E-state index in [0.29, 0.717) is 0 Å². The van der Waals surface area contributed by atoms with Gasteiger partial charge in [-0.3, -0.25) is 20.5 Å². The van der Waals surface area contributed by atoms with Crippen molar-refractivity contribution in [1.82, 2.24) is 25.5 Å². The Morgan fingerprint density at radius 1 is 0.828 bits per heavy atom. The maximum atomic E-state index is 10.4. The summed E-state index contributed by atoms with van der Waals surface area (Å²) in [6.45, 7) is 9.24. The topological polar surface area (TPSA) is 74.1 Å². The second-order valence-corrected chi connectivity index (χ2v) is 7.31. The van der Waals surface area contributed by atoms with E-state index in [4.69, 9.17) is 0 Å². The molecule has 0 aliphatic carbocycles. The fourth-order valence-electron chi connectivity index (χ4n) is 3.56. The van der Waals surface area contributed by atoms with Crippen LogP contribution in [0.15, 0.2) is 48.5 Å². The number of hydrogen-bond acceptors (Lipinski definition) is 5. The number of nitrogens with one attached hydrogen (secondary N) is 3. The highest BCUT2D eigenvalue weighted by Gasteiger charge is 2.30. The van der Waals surface area contributed by atoms with Crippen molar-refractivity contribution in [2.75, 3.05) is 19.6 Å². The molecule has 6 nitrogen and oxygen atoms in total. The molecule has 0 aliphatic heterocycles. The maximum Gasteiger partial charge on any atom is 0.299 e. The Labute approximate surface area is 173 Å². The van der Waals surface area contributed by atoms with E-state index in [9.17, 15) is 5.11 Å². The summed E-state index contributed by atoms with van der Waals surface area (Å²) in [6.07, 6.45) is 3.16. The number of imidazole rings is 1. The first kappa shape index (κ1) is 21.3. The van der Waals surface area contributed by atoms with Gasteiger partial charge in [0.1, 0.15) is 0 Å². The number of nitrogens with zero attached hydrogens (tertiary/aromatic N) is 2. The quantitative estimate of drug-likeness (QED) is 0.371. The number of aromatic hydroxyl groups is 1. The van der Waals surface area contributed by atoms with Crippen LogP contribution in [0.25, 0.3) is 16.7 Å². The lowest BCUT2D eigenvalue weighted by Gasteiger charge is -2.38. The summed E-state index contributed by atoms with van der Waals surface area (Å²) in [6, 6.07) is 16.0. The Morgan fingerprint density at radius 2 is 1.38 bits per heavy atom. The van der Waals surface area contributed by atoms with Crippen molar-refractivity contribution in [3.8, 4) is 11.7 Å². The molecule has 0 saturated carbocycles. The van der Waals surface area contributed by atoms with Gasteiger partial charge in [-0.05, 0) is 63.2 Å². The van der Waals surface area contributed by atoms with Crippen molar-refractivity contribution in [3.05, 3.63) is 54.1 Å². The summed E-state index contributed by atoms with van der Waals surface area (Å²) in [5.41, 5.74) is 3.68. The van der Waals surface area contributed by atoms with Crippen LogP contribution in [0.5, 0.6) is 6.01 Å². The van der Waals surface area contributed by atoms with Crippen molar-refractivity contribution >= 4 is 11.0 Å². The minimum absolute atomic E-state index is 0.00235. The van der Waals surface area contributed by atoms with E-state index in [-0.39, 0.29) is 6.01 Å². The van der Waals surface area contributed by atoms with E-state index in [1.54, 1.807) is 4.57 Å². The van der Waals surface area contributed by atoms with Crippen LogP contribution in [-0.2, 0) is 5.79 Å². The van der Waals surface area contributed by atoms with Crippen LogP contribution in [0.1, 0.15) is 45.6 Å². The molecule has 29 heavy (non-hydrogen) atoms. The third-order valence-corrected chi connectivity index (χ3v) is 5.02. The van der Waals surface area contributed by atoms with Crippen LogP contribution < -0.4 is 16.0 Å². The highest BCUT2D eigenvalue weighted by molar-refractivity contribution is 5.78. The van der Waals surface area contributed by atoms with Gasteiger partial charge in [-0.1, -0.05) is 45.0 Å². The molecule has 6 heteroatoms. The Hall–Kier alpha value is -2.41. The first-order valence-electron chi connectivity index (χ1n) is 10.7. The van der Waals surface area contributed by atoms with Gasteiger partial charge in [0.05, 0.1) is 16.7 Å². The zero-order chi connectivity index (χ0) is 20.7. The average Bonchev–Trinajstić information content (AvgIpc) is 3.09. The van der Waals surface area contributed by atoms with Crippen LogP contribution in [-0.4, -0.2) is 34.3 Å². The smallest absolute Gasteiger partial charge is 0.299 e. The number of aromatic nitrogens is 2. The van der Waals surface area contributed by atoms with Crippen LogP contribution in [0, 0.1) is 0 Å². The van der Waals surface area contributed by atoms with E-state index >= 15 is 0 Å². The molecule has 0 radical (unpaired) electrons. The van der Waals surface area contributed by atoms with Crippen LogP contribution in [0.4, 0.5) is 0 Å². The molecule has 0 bridgehead atoms. The van der Waals surface area contributed by atoms with Gasteiger partial charge in [0.25, 0.3) is 6.01 Å². The molecular formula is C23H33N5O. The molecule has 156 valence electrons. The summed E-state index contributed by atoms with van der Waals surface area (Å²) in [7, 11) is 0. The van der Waals surface area contributed by atoms with E-state index in [1.165, 1.54) is 0 Å². The number of fused-ring (bicyclic) bond motifs is 1. The van der Waals surface area contributed by atoms with Gasteiger partial charge < -0.3 is 5.11 Å². The maximum absolute atomic E-state index is 10.4. The molecule has 4 N–H and O–H groups in total. The zero-order valence-corrected chi connectivity index (χ0v) is 17.7. The lowest BCUT2D eigenvalue weighted by molar-refractivity contribution is 0.200. The summed E-state index contributed by atoms with van der Waals surface area (Å²) in [5.74, 6) is -0.473. The van der Waals surface area contributed by atoms with Crippen LogP contribution >= 0.6 is 0 Å². The molecule has 0 spiro atoms. The summed E-state index contributed by atoms with van der Waals surface area (Å²) in [5, 5.41) is 21.4. The number of benzene rings is 2. The fourth-order valence-corrected chi connectivity index (χ4v) is 3.56. The molecule has 3 rings (SSSR count). The number of hydrogen-bond donors (Lipinski definition) is 4. The average molecular weight is 396 g/mol. The SMILES string of the molecule is CCCNC(NCCC)(NCCC)c1ccc(-n2c(O)nc3ccccc32)cc1. The molecule has 1 aromatic heterocycles. The lowest BCUT2D eigenvalue weighted by Crippen LogP contribution is -2.64. The Balaban J connectivity index is 1.98. The molecule has 2 aromatic carbocycles. The van der Waals surface area contributed by atoms with E-state index in [2.05, 4.69) is 53.8 Å². The zero-order valence-electron chi connectivity index (χ0n) is 17.7. The van der Waals surface area contributed by atoms with Gasteiger partial charge >= 0.3 is 0 Å². The third kappa shape index (κ3) is 4.61. The van der Waals surface area contributed by atoms with Gasteiger partial charge in [-0.2, -0.15) is 4.98 Å². The minimum atomic E-state index is -0.473. The molecule has 0 saturated heterocycles. The highest BCUT2D eigenvalue weighted by atomic mass is 16.3. The second kappa shape index (κ2) is 9.87. The van der Waals surface area contributed by atoms with Gasteiger partial charge in [0, 0.05) is 5.56 Å². The summed E-state index contributed by atoms with van der Waals surface area (Å²) < 4.78 is 1.78. The monoisotopic (exact) mass is 395 g/mol. The number of rotatable bonds is 11. The Kier molecular flexibility index (Phi) is 7.25. The molecular weight excluding hydrogens is 362 g/mol. The third-order valence-electron chi connectivity index (χ3n) is 5.02. The first-order chi connectivity index (χ1) is 14.1. The Bertz CT molecular complexity index is 882. The molecule has 1 heterocycles. The molecule has 3 aromatic rings. The van der Waals surface area contributed by atoms with E-state index in [0.717, 1.165) is 61.2 Å². The van der Waals surface area contributed by atoms with Gasteiger partial charge in [0.15, 0.2) is 5.79 Å². The van der Waals surface area contributed by atoms with Crippen molar-refractivity contribution < 1.29 is 5.11 Å². The lowest BCUT2D eigenvalue weighted by atomic mass is 10.1. The van der Waals surface area contributed by atoms with Crippen molar-refractivity contribution in [2.45, 2.75) is 45.8 Å². The van der Waals surface area contributed by atoms with Crippen LogP contribution in [0.2, 0.25) is 0 Å². The first-order valence-corrected chi connectivity index (χ1v) is 10.7. The normalized spacial score (nSPS) is 12.0. The van der Waals surface area contributed by atoms with Crippen molar-refractivity contribution in [1.29, 1.82) is 0 Å². The molecule has 0 aliphatic rings. The fraction of sp³-hybridized carbons (Fsp3) is 0.435. The molecule has 0 atom stereocenters. The van der Waals surface area contributed by atoms with Gasteiger partial charge in [-0.15, -0.1) is 0 Å². The Morgan fingerprint density at radius 3 is 1.93 bits per heavy atom. The predicted molar refractivity (Wildman–Crippen MR) is 119 cm³/mol. The van der Waals surface area contributed by atoms with E-state index < -0.39 is 5.79 Å². The number of para-hydroxylation sites is 2. The second-order valence-electron chi connectivity index (χ2n) is 7.31. The molecule has 0 amide bonds. The predicted octanol–water partition coefficient (Wildman–Crippen LogP) is 3.84. The molecule has 0 unspecified atom stereocenters.